The van der Waals surface area contributed by atoms with Crippen LogP contribution in [0.3, 0.4) is 0 Å². The minimum Gasteiger partial charge on any atom is -0.457 e. The third-order valence-corrected chi connectivity index (χ3v) is 6.79. The fraction of sp³-hybridized carbons (Fsp3) is 0.0870. The predicted molar refractivity (Wildman–Crippen MR) is 138 cm³/mol. The van der Waals surface area contributed by atoms with Gasteiger partial charge in [-0.25, -0.2) is 8.42 Å². The molecule has 14 heteroatoms. The minimum atomic E-state index is -4.94. The molecule has 0 spiro atoms. The van der Waals surface area contributed by atoms with E-state index in [1.165, 1.54) is 41.7 Å². The summed E-state index contributed by atoms with van der Waals surface area (Å²) in [5.74, 6) is -0.969. The number of amides is 1. The quantitative estimate of drug-likeness (QED) is 0.232. The lowest BCUT2D eigenvalue weighted by Crippen LogP contribution is -2.17. The van der Waals surface area contributed by atoms with Gasteiger partial charge in [0.05, 0.1) is 16.2 Å². The number of thiophene rings is 1. The second-order valence-electron chi connectivity index (χ2n) is 7.61. The van der Waals surface area contributed by atoms with Crippen LogP contribution in [0.4, 0.5) is 24.5 Å². The number of carbonyl (C=O) groups excluding carboxylic acids is 1. The van der Waals surface area contributed by atoms with Crippen LogP contribution in [0.2, 0.25) is 10.0 Å². The van der Waals surface area contributed by atoms with Gasteiger partial charge in [0.15, 0.2) is 5.75 Å². The molecule has 4 rings (SSSR count). The summed E-state index contributed by atoms with van der Waals surface area (Å²) in [5.41, 5.74) is 0.632. The second kappa shape index (κ2) is 10.3. The number of fused-ring (bicyclic) bond motifs is 1. The van der Waals surface area contributed by atoms with Crippen LogP contribution in [0, 0.1) is 0 Å². The van der Waals surface area contributed by atoms with Crippen molar-refractivity contribution in [2.75, 3.05) is 16.3 Å². The summed E-state index contributed by atoms with van der Waals surface area (Å²) in [7, 11) is -3.45. The Morgan fingerprint density at radius 3 is 2.41 bits per heavy atom. The Balaban J connectivity index is 1.52. The number of ether oxygens (including phenoxy) is 2. The maximum atomic E-state index is 12.9. The number of benzene rings is 3. The molecule has 0 atom stereocenters. The third-order valence-electron chi connectivity index (χ3n) is 4.54. The standard InChI is InChI=1S/C23H15Cl2F3N2O5S2/c1-37(32,33)30-14-2-5-20-12(6-14)7-21(36-20)22(31)29-15-8-13(24)9-17(10-15)34-16-3-4-18(25)19(11-16)35-23(26,27)28/h2-11,30H,1H3,(H,29,31). The van der Waals surface area contributed by atoms with Crippen molar-refractivity contribution in [3.8, 4) is 17.2 Å². The van der Waals surface area contributed by atoms with E-state index in [-0.39, 0.29) is 27.2 Å². The van der Waals surface area contributed by atoms with Crippen molar-refractivity contribution in [1.29, 1.82) is 0 Å². The van der Waals surface area contributed by atoms with Gasteiger partial charge in [0, 0.05) is 33.2 Å². The van der Waals surface area contributed by atoms with Gasteiger partial charge in [0.25, 0.3) is 5.91 Å². The molecule has 0 aliphatic heterocycles. The number of halogens is 5. The summed E-state index contributed by atoms with van der Waals surface area (Å²) < 4.78 is 73.3. The lowest BCUT2D eigenvalue weighted by Gasteiger charge is -2.13. The van der Waals surface area contributed by atoms with Gasteiger partial charge in [0.1, 0.15) is 11.5 Å². The first-order chi connectivity index (χ1) is 17.2. The summed E-state index contributed by atoms with van der Waals surface area (Å²) in [4.78, 5) is 13.2. The summed E-state index contributed by atoms with van der Waals surface area (Å²) >= 11 is 13.1. The zero-order valence-electron chi connectivity index (χ0n) is 18.5. The van der Waals surface area contributed by atoms with Crippen LogP contribution in [0.1, 0.15) is 9.67 Å². The van der Waals surface area contributed by atoms with Gasteiger partial charge >= 0.3 is 6.36 Å². The molecule has 1 aromatic heterocycles. The first-order valence-electron chi connectivity index (χ1n) is 10.1. The first kappa shape index (κ1) is 26.9. The van der Waals surface area contributed by atoms with Crippen molar-refractivity contribution >= 4 is 71.9 Å². The number of carbonyl (C=O) groups is 1. The molecule has 0 aliphatic rings. The van der Waals surface area contributed by atoms with Crippen LogP contribution in [0.5, 0.6) is 17.2 Å². The van der Waals surface area contributed by atoms with Crippen molar-refractivity contribution < 1.29 is 35.9 Å². The molecule has 4 aromatic rings. The van der Waals surface area contributed by atoms with Crippen molar-refractivity contribution in [3.05, 3.63) is 75.6 Å². The van der Waals surface area contributed by atoms with Crippen LogP contribution in [-0.4, -0.2) is 26.9 Å². The van der Waals surface area contributed by atoms with E-state index in [1.54, 1.807) is 24.3 Å². The minimum absolute atomic E-state index is 0.00814. The van der Waals surface area contributed by atoms with Crippen molar-refractivity contribution in [2.24, 2.45) is 0 Å². The molecule has 3 aromatic carbocycles. The van der Waals surface area contributed by atoms with Crippen molar-refractivity contribution in [1.82, 2.24) is 0 Å². The van der Waals surface area contributed by atoms with E-state index < -0.39 is 28.0 Å². The third kappa shape index (κ3) is 7.41. The Labute approximate surface area is 222 Å². The Bertz CT molecular complexity index is 1610. The van der Waals surface area contributed by atoms with Gasteiger partial charge in [-0.1, -0.05) is 23.2 Å². The number of sulfonamides is 1. The highest BCUT2D eigenvalue weighted by Gasteiger charge is 2.32. The van der Waals surface area contributed by atoms with E-state index >= 15 is 0 Å². The van der Waals surface area contributed by atoms with E-state index in [2.05, 4.69) is 14.8 Å². The zero-order valence-corrected chi connectivity index (χ0v) is 21.7. The van der Waals surface area contributed by atoms with E-state index in [4.69, 9.17) is 27.9 Å². The van der Waals surface area contributed by atoms with Gasteiger partial charge < -0.3 is 14.8 Å². The fourth-order valence-corrected chi connectivity index (χ4v) is 5.08. The van der Waals surface area contributed by atoms with Gasteiger partial charge in [-0.2, -0.15) is 0 Å². The van der Waals surface area contributed by atoms with Gasteiger partial charge in [-0.3, -0.25) is 9.52 Å². The number of alkyl halides is 3. The Kier molecular flexibility index (Phi) is 7.47. The van der Waals surface area contributed by atoms with Crippen LogP contribution in [-0.2, 0) is 10.0 Å². The highest BCUT2D eigenvalue weighted by Crippen LogP contribution is 2.36. The molecule has 194 valence electrons. The molecular formula is C23H15Cl2F3N2O5S2. The summed E-state index contributed by atoms with van der Waals surface area (Å²) in [6.45, 7) is 0. The van der Waals surface area contributed by atoms with E-state index in [1.807, 2.05) is 0 Å². The maximum Gasteiger partial charge on any atom is 0.573 e. The molecule has 0 bridgehead atoms. The fourth-order valence-electron chi connectivity index (χ4n) is 3.21. The highest BCUT2D eigenvalue weighted by molar-refractivity contribution is 7.92. The molecule has 0 unspecified atom stereocenters. The topological polar surface area (TPSA) is 93.7 Å². The second-order valence-corrected chi connectivity index (χ2v) is 11.3. The van der Waals surface area contributed by atoms with E-state index in [0.29, 0.717) is 16.0 Å². The molecule has 0 fully saturated rings. The van der Waals surface area contributed by atoms with E-state index in [0.717, 1.165) is 17.0 Å². The van der Waals surface area contributed by atoms with E-state index in [9.17, 15) is 26.4 Å². The molecule has 0 radical (unpaired) electrons. The SMILES string of the molecule is CS(=O)(=O)Nc1ccc2sc(C(=O)Nc3cc(Cl)cc(Oc4ccc(Cl)c(OC(F)(F)F)c4)c3)cc2c1. The Hall–Kier alpha value is -3.19. The lowest BCUT2D eigenvalue weighted by atomic mass is 10.2. The summed E-state index contributed by atoms with van der Waals surface area (Å²) in [6, 6.07) is 14.3. The monoisotopic (exact) mass is 590 g/mol. The average Bonchev–Trinajstić information content (AvgIpc) is 3.17. The molecule has 7 nitrogen and oxygen atoms in total. The lowest BCUT2D eigenvalue weighted by molar-refractivity contribution is -0.274. The molecule has 1 heterocycles. The predicted octanol–water partition coefficient (Wildman–Crippen LogP) is 7.52. The normalized spacial score (nSPS) is 11.8. The summed E-state index contributed by atoms with van der Waals surface area (Å²) in [5, 5.41) is 3.29. The number of rotatable bonds is 7. The smallest absolute Gasteiger partial charge is 0.457 e. The summed E-state index contributed by atoms with van der Waals surface area (Å²) in [6.07, 6.45) is -3.90. The molecule has 0 saturated heterocycles. The highest BCUT2D eigenvalue weighted by atomic mass is 35.5. The Morgan fingerprint density at radius 1 is 0.946 bits per heavy atom. The molecule has 1 amide bonds. The first-order valence-corrected chi connectivity index (χ1v) is 13.6. The number of nitrogens with one attached hydrogen (secondary N) is 2. The molecule has 37 heavy (non-hydrogen) atoms. The largest absolute Gasteiger partial charge is 0.573 e. The van der Waals surface area contributed by atoms with Gasteiger partial charge in [-0.05, 0) is 53.9 Å². The average molecular weight is 591 g/mol. The van der Waals surface area contributed by atoms with Crippen LogP contribution >= 0.6 is 34.5 Å². The molecule has 0 saturated carbocycles. The number of hydrogen-bond acceptors (Lipinski definition) is 6. The molecular weight excluding hydrogens is 576 g/mol. The molecule has 0 aliphatic carbocycles. The van der Waals surface area contributed by atoms with Crippen LogP contribution in [0.25, 0.3) is 10.1 Å². The van der Waals surface area contributed by atoms with Gasteiger partial charge in [0.2, 0.25) is 10.0 Å². The van der Waals surface area contributed by atoms with Crippen LogP contribution < -0.4 is 19.5 Å². The van der Waals surface area contributed by atoms with Crippen molar-refractivity contribution in [2.45, 2.75) is 6.36 Å². The van der Waals surface area contributed by atoms with Crippen LogP contribution in [0.15, 0.2) is 60.7 Å². The van der Waals surface area contributed by atoms with Crippen molar-refractivity contribution in [3.63, 3.8) is 0 Å². The van der Waals surface area contributed by atoms with Gasteiger partial charge in [-0.15, -0.1) is 24.5 Å². The zero-order chi connectivity index (χ0) is 27.0. The number of anilines is 2. The Morgan fingerprint density at radius 2 is 1.70 bits per heavy atom. The maximum absolute atomic E-state index is 12.9. The molecule has 2 N–H and O–H groups in total. The number of hydrogen-bond donors (Lipinski definition) is 2.